The predicted molar refractivity (Wildman–Crippen MR) is 73.4 cm³/mol. The summed E-state index contributed by atoms with van der Waals surface area (Å²) in [6.07, 6.45) is 2.44. The van der Waals surface area contributed by atoms with E-state index in [2.05, 4.69) is 0 Å². The summed E-state index contributed by atoms with van der Waals surface area (Å²) in [5.41, 5.74) is 0.618. The minimum atomic E-state index is -0.491. The summed E-state index contributed by atoms with van der Waals surface area (Å²) < 4.78 is 5.15. The Labute approximate surface area is 114 Å². The number of methoxy groups -OCH3 is 1. The molecule has 1 aromatic rings. The number of benzene rings is 1. The van der Waals surface area contributed by atoms with Gasteiger partial charge in [0, 0.05) is 12.1 Å². The number of aliphatic hydroxyl groups is 1. The van der Waals surface area contributed by atoms with E-state index in [0.29, 0.717) is 17.9 Å². The van der Waals surface area contributed by atoms with Crippen molar-refractivity contribution < 1.29 is 14.6 Å². The van der Waals surface area contributed by atoms with Gasteiger partial charge >= 0.3 is 0 Å². The molecule has 2 atom stereocenters. The van der Waals surface area contributed by atoms with Crippen LogP contribution in [-0.2, 0) is 0 Å². The smallest absolute Gasteiger partial charge is 0.254 e. The number of carbonyl (C=O) groups excluding carboxylic acids is 1. The van der Waals surface area contributed by atoms with Crippen molar-refractivity contribution in [2.75, 3.05) is 13.7 Å². The Morgan fingerprint density at radius 2 is 2.26 bits per heavy atom. The van der Waals surface area contributed by atoms with Crippen molar-refractivity contribution in [1.82, 2.24) is 4.90 Å². The van der Waals surface area contributed by atoms with E-state index in [1.54, 1.807) is 31.1 Å². The van der Waals surface area contributed by atoms with Gasteiger partial charge in [0.15, 0.2) is 0 Å². The van der Waals surface area contributed by atoms with Crippen LogP contribution in [-0.4, -0.2) is 41.7 Å². The fourth-order valence-electron chi connectivity index (χ4n) is 2.63. The van der Waals surface area contributed by atoms with Gasteiger partial charge in [-0.1, -0.05) is 6.07 Å². The van der Waals surface area contributed by atoms with Crippen LogP contribution in [0.3, 0.4) is 0 Å². The zero-order valence-corrected chi connectivity index (χ0v) is 11.5. The fourth-order valence-corrected chi connectivity index (χ4v) is 2.63. The highest BCUT2D eigenvalue weighted by Crippen LogP contribution is 2.23. The molecule has 0 aromatic heterocycles. The number of rotatable bonds is 3. The Bertz CT molecular complexity index is 445. The third kappa shape index (κ3) is 3.07. The van der Waals surface area contributed by atoms with Gasteiger partial charge < -0.3 is 14.7 Å². The maximum Gasteiger partial charge on any atom is 0.254 e. The van der Waals surface area contributed by atoms with Crippen molar-refractivity contribution in [3.63, 3.8) is 0 Å². The van der Waals surface area contributed by atoms with Gasteiger partial charge in [-0.15, -0.1) is 0 Å². The average molecular weight is 263 g/mol. The Morgan fingerprint density at radius 3 is 2.95 bits per heavy atom. The molecule has 0 spiro atoms. The van der Waals surface area contributed by atoms with E-state index in [1.807, 2.05) is 12.1 Å². The molecule has 2 unspecified atom stereocenters. The third-order valence-corrected chi connectivity index (χ3v) is 3.68. The lowest BCUT2D eigenvalue weighted by atomic mass is 9.97. The predicted octanol–water partition coefficient (Wildman–Crippen LogP) is 2.07. The second-order valence-corrected chi connectivity index (χ2v) is 5.03. The van der Waals surface area contributed by atoms with Gasteiger partial charge in [0.1, 0.15) is 5.75 Å². The van der Waals surface area contributed by atoms with Crippen LogP contribution in [0.25, 0.3) is 0 Å². The van der Waals surface area contributed by atoms with Crippen LogP contribution >= 0.6 is 0 Å². The van der Waals surface area contributed by atoms with Crippen LogP contribution < -0.4 is 4.74 Å². The Kier molecular flexibility index (Phi) is 4.43. The summed E-state index contributed by atoms with van der Waals surface area (Å²) in [6.45, 7) is 2.47. The normalized spacial score (nSPS) is 21.0. The third-order valence-electron chi connectivity index (χ3n) is 3.68. The van der Waals surface area contributed by atoms with Crippen molar-refractivity contribution in [2.45, 2.75) is 38.3 Å². The molecule has 2 rings (SSSR count). The molecule has 0 saturated carbocycles. The number of hydrogen-bond acceptors (Lipinski definition) is 3. The van der Waals surface area contributed by atoms with Crippen LogP contribution in [0.2, 0.25) is 0 Å². The van der Waals surface area contributed by atoms with E-state index >= 15 is 0 Å². The number of carbonyl (C=O) groups is 1. The monoisotopic (exact) mass is 263 g/mol. The Balaban J connectivity index is 2.21. The first-order valence-electron chi connectivity index (χ1n) is 6.76. The molecule has 0 aliphatic carbocycles. The van der Waals surface area contributed by atoms with Gasteiger partial charge in [-0.2, -0.15) is 0 Å². The molecule has 1 aromatic carbocycles. The molecule has 1 heterocycles. The maximum atomic E-state index is 12.5. The van der Waals surface area contributed by atoms with Crippen molar-refractivity contribution in [2.24, 2.45) is 0 Å². The van der Waals surface area contributed by atoms with E-state index in [0.717, 1.165) is 19.3 Å². The van der Waals surface area contributed by atoms with Gasteiger partial charge in [-0.05, 0) is 44.4 Å². The minimum absolute atomic E-state index is 0.0236. The molecular weight excluding hydrogens is 242 g/mol. The maximum absolute atomic E-state index is 12.5. The number of aliphatic hydroxyl groups excluding tert-OH is 1. The van der Waals surface area contributed by atoms with E-state index < -0.39 is 6.10 Å². The van der Waals surface area contributed by atoms with E-state index in [-0.39, 0.29) is 11.9 Å². The SMILES string of the molecule is COc1cccc(C(=O)N2CCCCC2C(C)O)c1. The molecule has 19 heavy (non-hydrogen) atoms. The van der Waals surface area contributed by atoms with Gasteiger partial charge in [-0.25, -0.2) is 0 Å². The van der Waals surface area contributed by atoms with E-state index in [4.69, 9.17) is 4.74 Å². The molecule has 1 aliphatic rings. The van der Waals surface area contributed by atoms with Crippen LogP contribution in [0, 0.1) is 0 Å². The Morgan fingerprint density at radius 1 is 1.47 bits per heavy atom. The molecule has 1 amide bonds. The first-order chi connectivity index (χ1) is 9.13. The number of piperidine rings is 1. The molecule has 4 nitrogen and oxygen atoms in total. The molecule has 1 saturated heterocycles. The van der Waals surface area contributed by atoms with E-state index in [1.165, 1.54) is 0 Å². The van der Waals surface area contributed by atoms with Gasteiger partial charge in [0.25, 0.3) is 5.91 Å². The number of likely N-dealkylation sites (tertiary alicyclic amines) is 1. The van der Waals surface area contributed by atoms with Crippen LogP contribution in [0.15, 0.2) is 24.3 Å². The fraction of sp³-hybridized carbons (Fsp3) is 0.533. The lowest BCUT2D eigenvalue weighted by Gasteiger charge is -2.37. The summed E-state index contributed by atoms with van der Waals surface area (Å²) in [4.78, 5) is 14.3. The molecular formula is C15H21NO3. The molecule has 1 N–H and O–H groups in total. The van der Waals surface area contributed by atoms with Gasteiger partial charge in [0.2, 0.25) is 0 Å². The lowest BCUT2D eigenvalue weighted by Crippen LogP contribution is -2.48. The van der Waals surface area contributed by atoms with Gasteiger partial charge in [0.05, 0.1) is 19.3 Å². The summed E-state index contributed by atoms with van der Waals surface area (Å²) in [6, 6.07) is 7.09. The zero-order chi connectivity index (χ0) is 13.8. The highest BCUT2D eigenvalue weighted by Gasteiger charge is 2.30. The molecule has 0 radical (unpaired) electrons. The van der Waals surface area contributed by atoms with E-state index in [9.17, 15) is 9.90 Å². The summed E-state index contributed by atoms with van der Waals surface area (Å²) >= 11 is 0. The summed E-state index contributed by atoms with van der Waals surface area (Å²) in [5, 5.41) is 9.83. The summed E-state index contributed by atoms with van der Waals surface area (Å²) in [5.74, 6) is 0.654. The first kappa shape index (κ1) is 13.9. The largest absolute Gasteiger partial charge is 0.497 e. The van der Waals surface area contributed by atoms with Crippen molar-refractivity contribution in [3.8, 4) is 5.75 Å². The van der Waals surface area contributed by atoms with Crippen LogP contribution in [0.1, 0.15) is 36.5 Å². The first-order valence-corrected chi connectivity index (χ1v) is 6.76. The topological polar surface area (TPSA) is 49.8 Å². The number of ether oxygens (including phenoxy) is 1. The van der Waals surface area contributed by atoms with Crippen LogP contribution in [0.5, 0.6) is 5.75 Å². The molecule has 4 heteroatoms. The molecule has 0 bridgehead atoms. The highest BCUT2D eigenvalue weighted by molar-refractivity contribution is 5.95. The highest BCUT2D eigenvalue weighted by atomic mass is 16.5. The quantitative estimate of drug-likeness (QED) is 0.908. The molecule has 1 fully saturated rings. The Hall–Kier alpha value is -1.55. The van der Waals surface area contributed by atoms with Crippen molar-refractivity contribution in [1.29, 1.82) is 0 Å². The molecule has 1 aliphatic heterocycles. The van der Waals surface area contributed by atoms with Gasteiger partial charge in [-0.3, -0.25) is 4.79 Å². The number of nitrogens with zero attached hydrogens (tertiary/aromatic N) is 1. The second kappa shape index (κ2) is 6.06. The average Bonchev–Trinajstić information content (AvgIpc) is 2.46. The standard InChI is InChI=1S/C15H21NO3/c1-11(17)14-8-3-4-9-16(14)15(18)12-6-5-7-13(10-12)19-2/h5-7,10-11,14,17H,3-4,8-9H2,1-2H3. The number of amides is 1. The zero-order valence-electron chi connectivity index (χ0n) is 11.5. The second-order valence-electron chi connectivity index (χ2n) is 5.03. The lowest BCUT2D eigenvalue weighted by molar-refractivity contribution is 0.0281. The minimum Gasteiger partial charge on any atom is -0.497 e. The molecule has 104 valence electrons. The van der Waals surface area contributed by atoms with Crippen molar-refractivity contribution in [3.05, 3.63) is 29.8 Å². The van der Waals surface area contributed by atoms with Crippen molar-refractivity contribution >= 4 is 5.91 Å². The summed E-state index contributed by atoms with van der Waals surface area (Å²) in [7, 11) is 1.59. The number of hydrogen-bond donors (Lipinski definition) is 1. The van der Waals surface area contributed by atoms with Crippen LogP contribution in [0.4, 0.5) is 0 Å².